The first-order valence-corrected chi connectivity index (χ1v) is 2.58. The van der Waals surface area contributed by atoms with Crippen LogP contribution in [0.4, 0.5) is 0 Å². The first-order valence-electron chi connectivity index (χ1n) is 2.58. The summed E-state index contributed by atoms with van der Waals surface area (Å²) in [5.41, 5.74) is 3.07. The number of hydrogen-bond donors (Lipinski definition) is 2. The van der Waals surface area contributed by atoms with Crippen LogP contribution in [0.15, 0.2) is 6.20 Å². The maximum atomic E-state index is 9.83. The number of quaternary nitrogens is 1. The molecular weight excluding hydrogens is 136 g/mol. The molecule has 0 aliphatic carbocycles. The minimum Gasteiger partial charge on any atom is -0.543 e. The van der Waals surface area contributed by atoms with Crippen molar-refractivity contribution in [2.75, 3.05) is 7.05 Å². The number of carbonyl (C=O) groups excluding carboxylic acids is 1. The molecule has 1 aromatic rings. The molecule has 4 N–H and O–H groups in total. The number of carboxylic acid groups (broad SMARTS) is 1. The quantitative estimate of drug-likeness (QED) is 0.438. The molecule has 0 saturated carbocycles. The molecule has 1 aromatic heterocycles. The van der Waals surface area contributed by atoms with Gasteiger partial charge in [-0.15, -0.1) is 0 Å². The van der Waals surface area contributed by atoms with Gasteiger partial charge in [0.2, 0.25) is 0 Å². The fourth-order valence-corrected chi connectivity index (χ4v) is 0.300. The van der Waals surface area contributed by atoms with Crippen LogP contribution in [-0.4, -0.2) is 28.4 Å². The molecule has 0 bridgehead atoms. The van der Waals surface area contributed by atoms with Crippen LogP contribution in [0.25, 0.3) is 0 Å². The Labute approximate surface area is 57.0 Å². The van der Waals surface area contributed by atoms with Gasteiger partial charge in [0.25, 0.3) is 0 Å². The van der Waals surface area contributed by atoms with Crippen molar-refractivity contribution in [1.29, 1.82) is 0 Å². The second-order valence-corrected chi connectivity index (χ2v) is 1.14. The third-order valence-electron chi connectivity index (χ3n) is 0.624. The summed E-state index contributed by atoms with van der Waals surface area (Å²) in [7, 11) is 1.75. The predicted octanol–water partition coefficient (Wildman–Crippen LogP) is -2.97. The molecule has 6 heteroatoms. The van der Waals surface area contributed by atoms with Gasteiger partial charge in [-0.3, -0.25) is 0 Å². The second-order valence-electron chi connectivity index (χ2n) is 1.14. The monoisotopic (exact) mass is 144 g/mol. The van der Waals surface area contributed by atoms with Crippen molar-refractivity contribution >= 4 is 5.97 Å². The van der Waals surface area contributed by atoms with Gasteiger partial charge in [0.1, 0.15) is 5.69 Å². The highest BCUT2D eigenvalue weighted by Gasteiger charge is 1.91. The van der Waals surface area contributed by atoms with Crippen LogP contribution in [0.2, 0.25) is 0 Å². The molecule has 0 aromatic carbocycles. The number of aromatic carboxylic acids is 1. The van der Waals surface area contributed by atoms with Crippen LogP contribution in [0.5, 0.6) is 0 Å². The average Bonchev–Trinajstić information content (AvgIpc) is 2.42. The third-order valence-corrected chi connectivity index (χ3v) is 0.624. The number of nitrogens with one attached hydrogen (secondary N) is 1. The molecule has 0 amide bonds. The summed E-state index contributed by atoms with van der Waals surface area (Å²) >= 11 is 0. The Balaban J connectivity index is 0.000000371. The first kappa shape index (κ1) is 8.57. The number of rotatable bonds is 1. The number of aromatic amines is 1. The summed E-state index contributed by atoms with van der Waals surface area (Å²) in [6.45, 7) is 0. The topological polar surface area (TPSA) is 109 Å². The normalized spacial score (nSPS) is 7.80. The number of carboxylic acids is 1. The van der Waals surface area contributed by atoms with E-state index in [1.54, 1.807) is 7.05 Å². The number of nitrogens with zero attached hydrogens (tertiary/aromatic N) is 2. The summed E-state index contributed by atoms with van der Waals surface area (Å²) in [6, 6.07) is 0. The minimum absolute atomic E-state index is 0.176. The number of H-pyrrole nitrogens is 1. The highest BCUT2D eigenvalue weighted by atomic mass is 16.4. The van der Waals surface area contributed by atoms with Crippen molar-refractivity contribution in [3.63, 3.8) is 0 Å². The Hall–Kier alpha value is -1.43. The average molecular weight is 144 g/mol. The highest BCUT2D eigenvalue weighted by molar-refractivity contribution is 5.82. The van der Waals surface area contributed by atoms with Gasteiger partial charge in [-0.25, -0.2) is 0 Å². The van der Waals surface area contributed by atoms with Gasteiger partial charge < -0.3 is 15.6 Å². The molecule has 6 nitrogen and oxygen atoms in total. The lowest BCUT2D eigenvalue weighted by atomic mass is 10.5. The fraction of sp³-hybridized carbons (Fsp3) is 0.250. The zero-order chi connectivity index (χ0) is 7.98. The van der Waals surface area contributed by atoms with Crippen LogP contribution in [0, 0.1) is 0 Å². The zero-order valence-electron chi connectivity index (χ0n) is 5.50. The Morgan fingerprint density at radius 2 is 2.40 bits per heavy atom. The van der Waals surface area contributed by atoms with Crippen molar-refractivity contribution in [2.45, 2.75) is 0 Å². The van der Waals surface area contributed by atoms with Gasteiger partial charge in [-0.05, 0) is 0 Å². The van der Waals surface area contributed by atoms with Crippen LogP contribution in [-0.2, 0) is 0 Å². The Kier molecular flexibility index (Phi) is 3.81. The summed E-state index contributed by atoms with van der Waals surface area (Å²) in [4.78, 5) is 9.83. The van der Waals surface area contributed by atoms with E-state index >= 15 is 0 Å². The minimum atomic E-state index is -1.32. The van der Waals surface area contributed by atoms with Gasteiger partial charge >= 0.3 is 0 Å². The van der Waals surface area contributed by atoms with Gasteiger partial charge in [-0.2, -0.15) is 15.4 Å². The van der Waals surface area contributed by atoms with Crippen molar-refractivity contribution < 1.29 is 15.6 Å². The SMILES string of the molecule is C[NH3+].O=C([O-])c1cn[nH]n1. The third kappa shape index (κ3) is 2.23. The molecule has 1 rings (SSSR count). The van der Waals surface area contributed by atoms with E-state index in [0.29, 0.717) is 0 Å². The van der Waals surface area contributed by atoms with E-state index in [-0.39, 0.29) is 5.69 Å². The van der Waals surface area contributed by atoms with Crippen LogP contribution >= 0.6 is 0 Å². The largest absolute Gasteiger partial charge is 0.543 e. The van der Waals surface area contributed by atoms with Crippen LogP contribution in [0.3, 0.4) is 0 Å². The molecule has 0 unspecified atom stereocenters. The maximum absolute atomic E-state index is 9.83. The van der Waals surface area contributed by atoms with Crippen molar-refractivity contribution in [3.8, 4) is 0 Å². The molecule has 0 radical (unpaired) electrons. The summed E-state index contributed by atoms with van der Waals surface area (Å²) in [5.74, 6) is -1.32. The Morgan fingerprint density at radius 1 is 1.80 bits per heavy atom. The van der Waals surface area contributed by atoms with Crippen molar-refractivity contribution in [1.82, 2.24) is 15.4 Å². The lowest BCUT2D eigenvalue weighted by Crippen LogP contribution is -2.40. The molecule has 0 atom stereocenters. The second kappa shape index (κ2) is 4.45. The van der Waals surface area contributed by atoms with E-state index in [2.05, 4.69) is 21.1 Å². The van der Waals surface area contributed by atoms with E-state index in [0.717, 1.165) is 6.20 Å². The Bertz CT molecular complexity index is 183. The van der Waals surface area contributed by atoms with E-state index in [4.69, 9.17) is 0 Å². The number of hydrogen-bond acceptors (Lipinski definition) is 4. The van der Waals surface area contributed by atoms with E-state index in [1.165, 1.54) is 0 Å². The lowest BCUT2D eigenvalue weighted by molar-refractivity contribution is -0.325. The van der Waals surface area contributed by atoms with Gasteiger partial charge in [0.05, 0.1) is 19.2 Å². The highest BCUT2D eigenvalue weighted by Crippen LogP contribution is 1.81. The lowest BCUT2D eigenvalue weighted by Gasteiger charge is -1.88. The number of aromatic nitrogens is 3. The maximum Gasteiger partial charge on any atom is 0.128 e. The summed E-state index contributed by atoms with van der Waals surface area (Å²) in [6.07, 6.45) is 1.08. The van der Waals surface area contributed by atoms with Crippen LogP contribution in [0.1, 0.15) is 10.5 Å². The molecular formula is C4H8N4O2. The molecule has 0 spiro atoms. The molecule has 10 heavy (non-hydrogen) atoms. The summed E-state index contributed by atoms with van der Waals surface area (Å²) in [5, 5.41) is 18.4. The first-order chi connectivity index (χ1) is 4.80. The summed E-state index contributed by atoms with van der Waals surface area (Å²) < 4.78 is 0. The number of carbonyl (C=O) groups is 1. The van der Waals surface area contributed by atoms with Gasteiger partial charge in [0, 0.05) is 0 Å². The Morgan fingerprint density at radius 3 is 2.60 bits per heavy atom. The fourth-order valence-electron chi connectivity index (χ4n) is 0.300. The molecule has 0 aliphatic heterocycles. The van der Waals surface area contributed by atoms with Gasteiger partial charge in [0.15, 0.2) is 0 Å². The predicted molar refractivity (Wildman–Crippen MR) is 29.5 cm³/mol. The van der Waals surface area contributed by atoms with Crippen LogP contribution < -0.4 is 10.8 Å². The van der Waals surface area contributed by atoms with E-state index in [1.807, 2.05) is 0 Å². The van der Waals surface area contributed by atoms with E-state index in [9.17, 15) is 9.90 Å². The molecule has 0 saturated heterocycles. The molecule has 56 valence electrons. The molecule has 0 aliphatic rings. The zero-order valence-corrected chi connectivity index (χ0v) is 5.50. The van der Waals surface area contributed by atoms with Crippen molar-refractivity contribution in [3.05, 3.63) is 11.9 Å². The smallest absolute Gasteiger partial charge is 0.128 e. The molecule has 0 fully saturated rings. The molecule has 1 heterocycles. The van der Waals surface area contributed by atoms with Gasteiger partial charge in [-0.1, -0.05) is 0 Å². The van der Waals surface area contributed by atoms with Crippen molar-refractivity contribution in [2.24, 2.45) is 0 Å². The standard InChI is InChI=1S/C3H3N3O2.CH5N/c7-3(8)2-1-4-6-5-2;1-2/h1H,(H,7,8)(H,4,5,6);2H2,1H3. The van der Waals surface area contributed by atoms with E-state index < -0.39 is 5.97 Å².